The van der Waals surface area contributed by atoms with E-state index in [9.17, 15) is 4.79 Å². The smallest absolute Gasteiger partial charge is 0.261 e. The number of amides is 1. The van der Waals surface area contributed by atoms with E-state index in [1.54, 1.807) is 7.05 Å². The second kappa shape index (κ2) is 8.37. The number of hydrogen-bond donors (Lipinski definition) is 1. The summed E-state index contributed by atoms with van der Waals surface area (Å²) in [5, 5.41) is 0. The number of carbonyl (C=O) groups is 1. The minimum atomic E-state index is -1.10. The lowest BCUT2D eigenvalue weighted by atomic mass is 9.74. The number of likely N-dealkylation sites (N-methyl/N-ethyl adjacent to an activating group) is 1. The van der Waals surface area contributed by atoms with Crippen LogP contribution in [-0.2, 0) is 15.1 Å². The highest BCUT2D eigenvalue weighted by molar-refractivity contribution is 6.07. The van der Waals surface area contributed by atoms with Crippen molar-refractivity contribution in [3.63, 3.8) is 0 Å². The Morgan fingerprint density at radius 1 is 1.21 bits per heavy atom. The normalized spacial score (nSPS) is 26.3. The summed E-state index contributed by atoms with van der Waals surface area (Å²) < 4.78 is 18.2. The standard InChI is InChI=1S/C26H31N3O4/c1-3-4-13-32-20-8-5-7-18(14-20)19-9-10-22-21(15-19)26(23(30)29(2)24(27)28-26)16-25(33-22)11-6-12-31-17-25/h5,7-10,14-15H,3-4,6,11-13,16-17H2,1-2H3,(H2,27,28). The fourth-order valence-electron chi connectivity index (χ4n) is 5.09. The average molecular weight is 450 g/mol. The van der Waals surface area contributed by atoms with Crippen LogP contribution in [0.25, 0.3) is 11.1 Å². The molecule has 0 aromatic heterocycles. The molecule has 3 heterocycles. The highest BCUT2D eigenvalue weighted by atomic mass is 16.5. The highest BCUT2D eigenvalue weighted by Gasteiger charge is 2.58. The van der Waals surface area contributed by atoms with E-state index in [-0.39, 0.29) is 11.9 Å². The number of guanidine groups is 1. The summed E-state index contributed by atoms with van der Waals surface area (Å²) in [4.78, 5) is 19.7. The number of unbranched alkanes of at least 4 members (excludes halogenated alkanes) is 1. The summed E-state index contributed by atoms with van der Waals surface area (Å²) in [7, 11) is 1.68. The number of fused-ring (bicyclic) bond motifs is 2. The Balaban J connectivity index is 1.57. The molecule has 2 N–H and O–H groups in total. The van der Waals surface area contributed by atoms with Crippen molar-refractivity contribution in [1.29, 1.82) is 0 Å². The predicted molar refractivity (Wildman–Crippen MR) is 126 cm³/mol. The first-order chi connectivity index (χ1) is 16.0. The molecule has 3 aliphatic heterocycles. The van der Waals surface area contributed by atoms with Gasteiger partial charge in [0, 0.05) is 25.6 Å². The second-order valence-corrected chi connectivity index (χ2v) is 9.25. The first-order valence-corrected chi connectivity index (χ1v) is 11.7. The van der Waals surface area contributed by atoms with E-state index in [1.165, 1.54) is 4.90 Å². The van der Waals surface area contributed by atoms with Crippen LogP contribution in [0.5, 0.6) is 11.5 Å². The lowest BCUT2D eigenvalue weighted by Gasteiger charge is -2.46. The third-order valence-electron chi connectivity index (χ3n) is 6.86. The maximum atomic E-state index is 13.5. The van der Waals surface area contributed by atoms with Gasteiger partial charge in [0.15, 0.2) is 11.5 Å². The van der Waals surface area contributed by atoms with Gasteiger partial charge in [0.2, 0.25) is 0 Å². The van der Waals surface area contributed by atoms with E-state index in [1.807, 2.05) is 42.5 Å². The van der Waals surface area contributed by atoms with Gasteiger partial charge in [0.25, 0.3) is 5.91 Å². The molecule has 2 unspecified atom stereocenters. The topological polar surface area (TPSA) is 86.4 Å². The number of benzene rings is 2. The third-order valence-corrected chi connectivity index (χ3v) is 6.86. The molecule has 1 fully saturated rings. The van der Waals surface area contributed by atoms with Gasteiger partial charge in [-0.05, 0) is 54.7 Å². The lowest BCUT2D eigenvalue weighted by Crippen LogP contribution is -2.55. The molecule has 1 saturated heterocycles. The van der Waals surface area contributed by atoms with Crippen LogP contribution in [0.4, 0.5) is 0 Å². The van der Waals surface area contributed by atoms with Crippen molar-refractivity contribution in [2.75, 3.05) is 26.9 Å². The molecule has 0 bridgehead atoms. The van der Waals surface area contributed by atoms with Crippen LogP contribution in [0.1, 0.15) is 44.6 Å². The van der Waals surface area contributed by atoms with Crippen LogP contribution < -0.4 is 15.2 Å². The molecule has 0 aliphatic carbocycles. The fraction of sp³-hybridized carbons (Fsp3) is 0.462. The quantitative estimate of drug-likeness (QED) is 0.701. The van der Waals surface area contributed by atoms with Crippen LogP contribution in [-0.4, -0.2) is 49.2 Å². The number of aliphatic imine (C=N–C) groups is 1. The van der Waals surface area contributed by atoms with Crippen molar-refractivity contribution >= 4 is 11.9 Å². The van der Waals surface area contributed by atoms with Crippen molar-refractivity contribution < 1.29 is 19.0 Å². The molecule has 0 radical (unpaired) electrons. The van der Waals surface area contributed by atoms with Crippen molar-refractivity contribution in [3.05, 3.63) is 48.0 Å². The van der Waals surface area contributed by atoms with E-state index < -0.39 is 11.1 Å². The lowest BCUT2D eigenvalue weighted by molar-refractivity contribution is -0.139. The minimum absolute atomic E-state index is 0.122. The number of ether oxygens (including phenoxy) is 3. The van der Waals surface area contributed by atoms with E-state index >= 15 is 0 Å². The summed E-state index contributed by atoms with van der Waals surface area (Å²) in [5.74, 6) is 1.62. The summed E-state index contributed by atoms with van der Waals surface area (Å²) in [5.41, 5.74) is 7.21. The molecule has 5 rings (SSSR count). The number of nitrogens with zero attached hydrogens (tertiary/aromatic N) is 2. The summed E-state index contributed by atoms with van der Waals surface area (Å²) in [6.07, 6.45) is 4.23. The molecular formula is C26H31N3O4. The molecule has 7 nitrogen and oxygen atoms in total. The van der Waals surface area contributed by atoms with E-state index in [2.05, 4.69) is 6.92 Å². The van der Waals surface area contributed by atoms with E-state index in [0.29, 0.717) is 32.0 Å². The molecule has 0 saturated carbocycles. The Hall–Kier alpha value is -3.06. The zero-order valence-corrected chi connectivity index (χ0v) is 19.3. The minimum Gasteiger partial charge on any atom is -0.494 e. The molecule has 33 heavy (non-hydrogen) atoms. The molecule has 174 valence electrons. The van der Waals surface area contributed by atoms with Gasteiger partial charge in [-0.15, -0.1) is 0 Å². The summed E-state index contributed by atoms with van der Waals surface area (Å²) >= 11 is 0. The van der Waals surface area contributed by atoms with Crippen LogP contribution in [0, 0.1) is 0 Å². The molecular weight excluding hydrogens is 418 g/mol. The Morgan fingerprint density at radius 3 is 2.79 bits per heavy atom. The van der Waals surface area contributed by atoms with Crippen LogP contribution in [0.3, 0.4) is 0 Å². The summed E-state index contributed by atoms with van der Waals surface area (Å²) in [6.45, 7) is 3.99. The highest BCUT2D eigenvalue weighted by Crippen LogP contribution is 2.51. The first-order valence-electron chi connectivity index (χ1n) is 11.7. The fourth-order valence-corrected chi connectivity index (χ4v) is 5.09. The van der Waals surface area contributed by atoms with Gasteiger partial charge in [0.05, 0.1) is 13.2 Å². The molecule has 7 heteroatoms. The van der Waals surface area contributed by atoms with Gasteiger partial charge >= 0.3 is 0 Å². The second-order valence-electron chi connectivity index (χ2n) is 9.25. The predicted octanol–water partition coefficient (Wildman–Crippen LogP) is 3.85. The maximum Gasteiger partial charge on any atom is 0.261 e. The third kappa shape index (κ3) is 3.74. The number of hydrogen-bond acceptors (Lipinski definition) is 6. The molecule has 2 spiro atoms. The average Bonchev–Trinajstić information content (AvgIpc) is 3.03. The SMILES string of the molecule is CCCCOc1cccc(-c2ccc3c(c2)C2(CC4(CCCOC4)O3)N=C(N)N(C)C2=O)c1. The van der Waals surface area contributed by atoms with E-state index in [4.69, 9.17) is 24.9 Å². The van der Waals surface area contributed by atoms with E-state index in [0.717, 1.165) is 48.1 Å². The van der Waals surface area contributed by atoms with Crippen LogP contribution in [0.2, 0.25) is 0 Å². The Labute approximate surface area is 194 Å². The van der Waals surface area contributed by atoms with Crippen molar-refractivity contribution in [2.24, 2.45) is 10.7 Å². The van der Waals surface area contributed by atoms with Gasteiger partial charge in [-0.1, -0.05) is 31.5 Å². The molecule has 2 atom stereocenters. The number of nitrogens with two attached hydrogens (primary N) is 1. The zero-order valence-electron chi connectivity index (χ0n) is 19.3. The van der Waals surface area contributed by atoms with Crippen molar-refractivity contribution in [3.8, 4) is 22.6 Å². The molecule has 2 aromatic rings. The molecule has 2 aromatic carbocycles. The summed E-state index contributed by atoms with van der Waals surface area (Å²) in [6, 6.07) is 14.0. The van der Waals surface area contributed by atoms with Gasteiger partial charge < -0.3 is 19.9 Å². The monoisotopic (exact) mass is 449 g/mol. The Morgan fingerprint density at radius 2 is 2.06 bits per heavy atom. The number of carbonyl (C=O) groups excluding carboxylic acids is 1. The van der Waals surface area contributed by atoms with Gasteiger partial charge in [-0.2, -0.15) is 0 Å². The first kappa shape index (κ1) is 21.8. The molecule has 1 amide bonds. The van der Waals surface area contributed by atoms with Crippen molar-refractivity contribution in [1.82, 2.24) is 4.90 Å². The maximum absolute atomic E-state index is 13.5. The van der Waals surface area contributed by atoms with Crippen molar-refractivity contribution in [2.45, 2.75) is 50.2 Å². The van der Waals surface area contributed by atoms with Crippen LogP contribution in [0.15, 0.2) is 47.5 Å². The molecule has 3 aliphatic rings. The van der Waals surface area contributed by atoms with Gasteiger partial charge in [0.1, 0.15) is 17.1 Å². The Bertz CT molecular complexity index is 1090. The van der Waals surface area contributed by atoms with Crippen LogP contribution >= 0.6 is 0 Å². The largest absolute Gasteiger partial charge is 0.494 e. The zero-order chi connectivity index (χ0) is 23.1. The number of rotatable bonds is 5. The van der Waals surface area contributed by atoms with Gasteiger partial charge in [-0.3, -0.25) is 9.69 Å². The van der Waals surface area contributed by atoms with Gasteiger partial charge in [-0.25, -0.2) is 4.99 Å². The Kier molecular flexibility index (Phi) is 5.52.